The molecule has 1 heterocycles. The molecule has 0 radical (unpaired) electrons. The number of methoxy groups -OCH3 is 2. The van der Waals surface area contributed by atoms with Gasteiger partial charge in [0.2, 0.25) is 0 Å². The maximum Gasteiger partial charge on any atom is 0.191 e. The maximum absolute atomic E-state index is 6.17. The minimum Gasteiger partial charge on any atom is -0.493 e. The summed E-state index contributed by atoms with van der Waals surface area (Å²) in [4.78, 5) is 4.74. The molecule has 1 unspecified atom stereocenters. The number of benzene rings is 2. The van der Waals surface area contributed by atoms with Crippen LogP contribution in [-0.2, 0) is 17.8 Å². The fraction of sp³-hybridized carbons (Fsp3) is 0.480. The van der Waals surface area contributed by atoms with E-state index in [2.05, 4.69) is 35.8 Å². The highest BCUT2D eigenvalue weighted by Gasteiger charge is 2.17. The lowest BCUT2D eigenvalue weighted by Gasteiger charge is -2.17. The number of nitrogens with zero attached hydrogens (tertiary/aromatic N) is 1. The predicted octanol–water partition coefficient (Wildman–Crippen LogP) is 4.30. The van der Waals surface area contributed by atoms with E-state index in [1.54, 1.807) is 14.2 Å². The van der Waals surface area contributed by atoms with E-state index >= 15 is 0 Å². The zero-order chi connectivity index (χ0) is 22.8. The number of hydrogen-bond acceptors (Lipinski definition) is 5. The van der Waals surface area contributed by atoms with Crippen LogP contribution in [0.5, 0.6) is 17.2 Å². The second-order valence-electron chi connectivity index (χ2n) is 7.85. The van der Waals surface area contributed by atoms with Crippen LogP contribution in [0.25, 0.3) is 0 Å². The minimum atomic E-state index is 0. The topological polar surface area (TPSA) is 73.3 Å². The molecule has 1 saturated heterocycles. The van der Waals surface area contributed by atoms with Gasteiger partial charge in [-0.25, -0.2) is 4.99 Å². The van der Waals surface area contributed by atoms with E-state index in [1.165, 1.54) is 5.56 Å². The summed E-state index contributed by atoms with van der Waals surface area (Å²) in [6.07, 6.45) is 1.06. The van der Waals surface area contributed by atoms with E-state index in [9.17, 15) is 0 Å². The molecular formula is C25H36IN3O4. The first-order chi connectivity index (χ1) is 15.6. The van der Waals surface area contributed by atoms with Gasteiger partial charge in [-0.1, -0.05) is 24.3 Å². The van der Waals surface area contributed by atoms with Crippen LogP contribution >= 0.6 is 24.0 Å². The number of hydrogen-bond donors (Lipinski definition) is 2. The van der Waals surface area contributed by atoms with Crippen molar-refractivity contribution in [2.45, 2.75) is 33.4 Å². The third-order valence-corrected chi connectivity index (χ3v) is 5.40. The zero-order valence-electron chi connectivity index (χ0n) is 20.0. The molecule has 0 spiro atoms. The Morgan fingerprint density at radius 3 is 2.64 bits per heavy atom. The van der Waals surface area contributed by atoms with E-state index in [-0.39, 0.29) is 24.0 Å². The highest BCUT2D eigenvalue weighted by atomic mass is 127. The van der Waals surface area contributed by atoms with Crippen molar-refractivity contribution in [2.24, 2.45) is 10.9 Å². The molecule has 1 atom stereocenters. The molecule has 2 aromatic rings. The van der Waals surface area contributed by atoms with Gasteiger partial charge in [-0.3, -0.25) is 0 Å². The van der Waals surface area contributed by atoms with Crippen molar-refractivity contribution < 1.29 is 18.9 Å². The van der Waals surface area contributed by atoms with Gasteiger partial charge in [-0.15, -0.1) is 24.0 Å². The fourth-order valence-electron chi connectivity index (χ4n) is 3.63. The molecule has 0 saturated carbocycles. The van der Waals surface area contributed by atoms with E-state index in [0.717, 1.165) is 49.0 Å². The summed E-state index contributed by atoms with van der Waals surface area (Å²) in [5, 5.41) is 6.73. The summed E-state index contributed by atoms with van der Waals surface area (Å²) in [6, 6.07) is 12.1. The van der Waals surface area contributed by atoms with Crippen molar-refractivity contribution in [1.29, 1.82) is 0 Å². The van der Waals surface area contributed by atoms with Gasteiger partial charge in [0.1, 0.15) is 5.75 Å². The van der Waals surface area contributed by atoms with Gasteiger partial charge >= 0.3 is 0 Å². The summed E-state index contributed by atoms with van der Waals surface area (Å²) in [5.41, 5.74) is 3.23. The maximum atomic E-state index is 6.17. The van der Waals surface area contributed by atoms with E-state index < -0.39 is 0 Å². The third-order valence-electron chi connectivity index (χ3n) is 5.40. The van der Waals surface area contributed by atoms with Gasteiger partial charge in [0.15, 0.2) is 17.5 Å². The molecule has 1 aliphatic rings. The van der Waals surface area contributed by atoms with E-state index in [4.69, 9.17) is 23.9 Å². The van der Waals surface area contributed by atoms with Crippen LogP contribution in [0.3, 0.4) is 0 Å². The summed E-state index contributed by atoms with van der Waals surface area (Å²) in [7, 11) is 3.28. The van der Waals surface area contributed by atoms with E-state index in [0.29, 0.717) is 37.1 Å². The van der Waals surface area contributed by atoms with Crippen molar-refractivity contribution in [2.75, 3.05) is 40.6 Å². The van der Waals surface area contributed by atoms with Gasteiger partial charge in [-0.05, 0) is 38.0 Å². The van der Waals surface area contributed by atoms with Crippen LogP contribution in [0, 0.1) is 12.8 Å². The van der Waals surface area contributed by atoms with E-state index in [1.807, 2.05) is 25.1 Å². The Morgan fingerprint density at radius 2 is 1.94 bits per heavy atom. The Bertz CT molecular complexity index is 901. The molecule has 2 aromatic carbocycles. The molecule has 33 heavy (non-hydrogen) atoms. The van der Waals surface area contributed by atoms with Crippen LogP contribution < -0.4 is 24.8 Å². The first-order valence-corrected chi connectivity index (χ1v) is 11.2. The third kappa shape index (κ3) is 7.96. The molecule has 1 aliphatic heterocycles. The number of rotatable bonds is 10. The molecule has 3 rings (SSSR count). The molecule has 8 heteroatoms. The van der Waals surface area contributed by atoms with Gasteiger partial charge in [-0.2, -0.15) is 0 Å². The molecule has 0 bridgehead atoms. The van der Waals surface area contributed by atoms with Crippen LogP contribution in [-0.4, -0.2) is 46.5 Å². The largest absolute Gasteiger partial charge is 0.493 e. The number of para-hydroxylation sites is 1. The number of halogens is 1. The van der Waals surface area contributed by atoms with Gasteiger partial charge in [0.05, 0.1) is 34.0 Å². The second kappa shape index (κ2) is 14.1. The van der Waals surface area contributed by atoms with Crippen LogP contribution in [0.4, 0.5) is 0 Å². The monoisotopic (exact) mass is 569 g/mol. The summed E-state index contributed by atoms with van der Waals surface area (Å²) in [6.45, 7) is 8.26. The predicted molar refractivity (Wildman–Crippen MR) is 142 cm³/mol. The number of aryl methyl sites for hydroxylation is 1. The quantitative estimate of drug-likeness (QED) is 0.253. The Balaban J connectivity index is 0.00000385. The van der Waals surface area contributed by atoms with Crippen molar-refractivity contribution in [3.63, 3.8) is 0 Å². The molecule has 0 aliphatic carbocycles. The van der Waals surface area contributed by atoms with Gasteiger partial charge in [0.25, 0.3) is 0 Å². The van der Waals surface area contributed by atoms with Crippen molar-refractivity contribution in [3.05, 3.63) is 53.1 Å². The number of aliphatic imine (C=N–C) groups is 1. The summed E-state index contributed by atoms with van der Waals surface area (Å²) >= 11 is 0. The smallest absolute Gasteiger partial charge is 0.191 e. The van der Waals surface area contributed by atoms with Crippen molar-refractivity contribution in [3.8, 4) is 17.2 Å². The molecule has 7 nitrogen and oxygen atoms in total. The Kier molecular flexibility index (Phi) is 11.6. The fourth-order valence-corrected chi connectivity index (χ4v) is 3.63. The van der Waals surface area contributed by atoms with Crippen LogP contribution in [0.15, 0.2) is 41.4 Å². The Hall–Kier alpha value is -2.20. The summed E-state index contributed by atoms with van der Waals surface area (Å²) < 4.78 is 22.6. The normalized spacial score (nSPS) is 15.5. The first kappa shape index (κ1) is 27.0. The average molecular weight is 569 g/mol. The number of nitrogens with one attached hydrogen (secondary N) is 2. The number of ether oxygens (including phenoxy) is 4. The highest BCUT2D eigenvalue weighted by Crippen LogP contribution is 2.31. The lowest BCUT2D eigenvalue weighted by atomic mass is 10.1. The molecular weight excluding hydrogens is 533 g/mol. The van der Waals surface area contributed by atoms with Gasteiger partial charge in [0, 0.05) is 36.7 Å². The Morgan fingerprint density at radius 1 is 1.09 bits per heavy atom. The summed E-state index contributed by atoms with van der Waals surface area (Å²) in [5.74, 6) is 3.52. The minimum absolute atomic E-state index is 0. The lowest BCUT2D eigenvalue weighted by Crippen LogP contribution is -2.36. The zero-order valence-corrected chi connectivity index (χ0v) is 22.3. The molecule has 0 aromatic heterocycles. The molecule has 2 N–H and O–H groups in total. The molecule has 0 amide bonds. The SMILES string of the molecule is CCNC(=NCc1cccc(OC)c1OC)NCc1ccc(C)cc1OCC1CCOC1.I. The molecule has 182 valence electrons. The second-order valence-corrected chi connectivity index (χ2v) is 7.85. The Labute approximate surface area is 214 Å². The van der Waals surface area contributed by atoms with Crippen LogP contribution in [0.2, 0.25) is 0 Å². The molecule has 1 fully saturated rings. The van der Waals surface area contributed by atoms with Gasteiger partial charge < -0.3 is 29.6 Å². The van der Waals surface area contributed by atoms with Crippen molar-refractivity contribution in [1.82, 2.24) is 10.6 Å². The van der Waals surface area contributed by atoms with Crippen LogP contribution in [0.1, 0.15) is 30.0 Å². The number of guanidine groups is 1. The standard InChI is InChI=1S/C25H35N3O4.HI/c1-5-26-25(28-15-21-7-6-8-22(29-3)24(21)30-4)27-14-20-10-9-18(2)13-23(20)32-17-19-11-12-31-16-19;/h6-10,13,19H,5,11-12,14-17H2,1-4H3,(H2,26,27,28);1H. The first-order valence-electron chi connectivity index (χ1n) is 11.2. The van der Waals surface area contributed by atoms with Crippen molar-refractivity contribution >= 4 is 29.9 Å². The highest BCUT2D eigenvalue weighted by molar-refractivity contribution is 14.0. The lowest BCUT2D eigenvalue weighted by molar-refractivity contribution is 0.166. The average Bonchev–Trinajstić information content (AvgIpc) is 3.33.